The van der Waals surface area contributed by atoms with Crippen LogP contribution in [0.5, 0.6) is 0 Å². The Morgan fingerprint density at radius 1 is 1.47 bits per heavy atom. The van der Waals surface area contributed by atoms with Crippen molar-refractivity contribution in [2.75, 3.05) is 13.1 Å². The summed E-state index contributed by atoms with van der Waals surface area (Å²) in [5, 5.41) is 8.24. The first-order valence-electron chi connectivity index (χ1n) is 6.85. The summed E-state index contributed by atoms with van der Waals surface area (Å²) in [5.41, 5.74) is 1.49. The quantitative estimate of drug-likeness (QED) is 0.884. The number of hydrogen-bond donors (Lipinski definition) is 1. The lowest BCUT2D eigenvalue weighted by Gasteiger charge is -2.40. The van der Waals surface area contributed by atoms with Crippen molar-refractivity contribution in [2.24, 2.45) is 5.92 Å². The molecule has 94 valence electrons. The average molecular weight is 250 g/mol. The smallest absolute Gasteiger partial charge is 0.0246 e. The predicted octanol–water partition coefficient (Wildman–Crippen LogP) is 2.71. The Morgan fingerprint density at radius 2 is 2.35 bits per heavy atom. The summed E-state index contributed by atoms with van der Waals surface area (Å²) in [6, 6.07) is 3.76. The van der Waals surface area contributed by atoms with E-state index in [1.807, 2.05) is 11.3 Å². The van der Waals surface area contributed by atoms with Gasteiger partial charge in [-0.1, -0.05) is 6.92 Å². The monoisotopic (exact) mass is 250 g/mol. The number of rotatable bonds is 4. The molecule has 2 heterocycles. The lowest BCUT2D eigenvalue weighted by atomic mass is 10.0. The molecule has 0 spiro atoms. The molecule has 0 amide bonds. The van der Waals surface area contributed by atoms with E-state index in [0.717, 1.165) is 24.5 Å². The number of thiophene rings is 1. The maximum atomic E-state index is 3.75. The third kappa shape index (κ3) is 2.72. The average Bonchev–Trinajstić information content (AvgIpc) is 3.09. The minimum atomic E-state index is 0.727. The minimum absolute atomic E-state index is 0.727. The molecule has 17 heavy (non-hydrogen) atoms. The molecule has 3 rings (SSSR count). The molecule has 0 radical (unpaired) electrons. The number of nitrogens with one attached hydrogen (secondary N) is 1. The molecule has 1 saturated heterocycles. The summed E-state index contributed by atoms with van der Waals surface area (Å²) in [4.78, 5) is 2.70. The van der Waals surface area contributed by atoms with Gasteiger partial charge in [-0.2, -0.15) is 11.3 Å². The van der Waals surface area contributed by atoms with Crippen molar-refractivity contribution in [1.29, 1.82) is 0 Å². The molecule has 1 N–H and O–H groups in total. The first-order chi connectivity index (χ1) is 8.36. The zero-order chi connectivity index (χ0) is 11.7. The predicted molar refractivity (Wildman–Crippen MR) is 73.3 cm³/mol. The van der Waals surface area contributed by atoms with Crippen LogP contribution < -0.4 is 5.32 Å². The van der Waals surface area contributed by atoms with Crippen molar-refractivity contribution in [2.45, 2.75) is 44.8 Å². The Bertz CT molecular complexity index is 345. The van der Waals surface area contributed by atoms with Crippen LogP contribution in [0.3, 0.4) is 0 Å². The van der Waals surface area contributed by atoms with E-state index in [-0.39, 0.29) is 0 Å². The Morgan fingerprint density at radius 3 is 3.00 bits per heavy atom. The third-order valence-corrected chi connectivity index (χ3v) is 4.92. The van der Waals surface area contributed by atoms with Gasteiger partial charge in [0, 0.05) is 31.7 Å². The van der Waals surface area contributed by atoms with Gasteiger partial charge in [-0.05, 0) is 47.6 Å². The molecule has 2 nitrogen and oxygen atoms in total. The topological polar surface area (TPSA) is 15.3 Å². The van der Waals surface area contributed by atoms with Crippen LogP contribution in [0.4, 0.5) is 0 Å². The van der Waals surface area contributed by atoms with Crippen molar-refractivity contribution < 1.29 is 0 Å². The summed E-state index contributed by atoms with van der Waals surface area (Å²) in [7, 11) is 0. The Hall–Kier alpha value is -0.380. The van der Waals surface area contributed by atoms with Gasteiger partial charge in [0.15, 0.2) is 0 Å². The lowest BCUT2D eigenvalue weighted by Crippen LogP contribution is -2.56. The normalized spacial score (nSPS) is 30.6. The summed E-state index contributed by atoms with van der Waals surface area (Å²) >= 11 is 1.81. The second kappa shape index (κ2) is 5.09. The van der Waals surface area contributed by atoms with Gasteiger partial charge in [-0.15, -0.1) is 0 Å². The standard InChI is InChI=1S/C14H22N2S/c1-2-13-7-15-14(12-3-4-12)9-16(13)8-11-5-6-17-10-11/h5-6,10,12-15H,2-4,7-9H2,1H3. The summed E-state index contributed by atoms with van der Waals surface area (Å²) in [5.74, 6) is 0.970. The number of piperazine rings is 1. The molecular formula is C14H22N2S. The van der Waals surface area contributed by atoms with Gasteiger partial charge < -0.3 is 5.32 Å². The summed E-state index contributed by atoms with van der Waals surface area (Å²) in [6.07, 6.45) is 4.15. The number of hydrogen-bond acceptors (Lipinski definition) is 3. The van der Waals surface area contributed by atoms with Crippen molar-refractivity contribution in [3.63, 3.8) is 0 Å². The molecule has 2 fully saturated rings. The molecule has 2 atom stereocenters. The number of nitrogens with zero attached hydrogens (tertiary/aromatic N) is 1. The molecule has 1 saturated carbocycles. The highest BCUT2D eigenvalue weighted by atomic mass is 32.1. The zero-order valence-electron chi connectivity index (χ0n) is 10.6. The summed E-state index contributed by atoms with van der Waals surface area (Å²) in [6.45, 7) is 5.89. The maximum absolute atomic E-state index is 3.75. The van der Waals surface area contributed by atoms with Crippen LogP contribution in [-0.2, 0) is 6.54 Å². The van der Waals surface area contributed by atoms with Gasteiger partial charge in [0.2, 0.25) is 0 Å². The van der Waals surface area contributed by atoms with Crippen LogP contribution in [0.2, 0.25) is 0 Å². The van der Waals surface area contributed by atoms with Crippen LogP contribution >= 0.6 is 11.3 Å². The minimum Gasteiger partial charge on any atom is -0.311 e. The van der Waals surface area contributed by atoms with Crippen LogP contribution in [0.25, 0.3) is 0 Å². The fraction of sp³-hybridized carbons (Fsp3) is 0.714. The molecule has 3 heteroatoms. The molecule has 0 aromatic carbocycles. The van der Waals surface area contributed by atoms with Crippen LogP contribution in [0.1, 0.15) is 31.7 Å². The van der Waals surface area contributed by atoms with E-state index in [1.165, 1.54) is 37.9 Å². The van der Waals surface area contributed by atoms with Crippen LogP contribution in [0, 0.1) is 5.92 Å². The van der Waals surface area contributed by atoms with E-state index >= 15 is 0 Å². The first kappa shape index (κ1) is 11.7. The van der Waals surface area contributed by atoms with Gasteiger partial charge >= 0.3 is 0 Å². The highest BCUT2D eigenvalue weighted by molar-refractivity contribution is 7.07. The highest BCUT2D eigenvalue weighted by Gasteiger charge is 2.36. The van der Waals surface area contributed by atoms with E-state index in [2.05, 4.69) is 34.0 Å². The zero-order valence-corrected chi connectivity index (χ0v) is 11.4. The van der Waals surface area contributed by atoms with E-state index in [4.69, 9.17) is 0 Å². The van der Waals surface area contributed by atoms with E-state index < -0.39 is 0 Å². The van der Waals surface area contributed by atoms with Crippen molar-refractivity contribution >= 4 is 11.3 Å². The SMILES string of the molecule is CCC1CNC(C2CC2)CN1Cc1ccsc1. The van der Waals surface area contributed by atoms with E-state index in [1.54, 1.807) is 0 Å². The first-order valence-corrected chi connectivity index (χ1v) is 7.79. The fourth-order valence-corrected chi connectivity index (χ4v) is 3.57. The fourth-order valence-electron chi connectivity index (χ4n) is 2.91. The van der Waals surface area contributed by atoms with Crippen LogP contribution in [0.15, 0.2) is 16.8 Å². The molecule has 1 aliphatic carbocycles. The molecule has 1 aliphatic heterocycles. The van der Waals surface area contributed by atoms with Gasteiger partial charge in [0.1, 0.15) is 0 Å². The van der Waals surface area contributed by atoms with E-state index in [9.17, 15) is 0 Å². The van der Waals surface area contributed by atoms with Crippen molar-refractivity contribution in [3.05, 3.63) is 22.4 Å². The molecule has 0 bridgehead atoms. The van der Waals surface area contributed by atoms with Gasteiger partial charge in [0.25, 0.3) is 0 Å². The van der Waals surface area contributed by atoms with Gasteiger partial charge in [-0.3, -0.25) is 4.90 Å². The lowest BCUT2D eigenvalue weighted by molar-refractivity contribution is 0.112. The maximum Gasteiger partial charge on any atom is 0.0246 e. The Kier molecular flexibility index (Phi) is 3.50. The van der Waals surface area contributed by atoms with Gasteiger partial charge in [-0.25, -0.2) is 0 Å². The highest BCUT2D eigenvalue weighted by Crippen LogP contribution is 2.34. The molecular weight excluding hydrogens is 228 g/mol. The molecule has 1 aromatic rings. The van der Waals surface area contributed by atoms with Crippen molar-refractivity contribution in [3.8, 4) is 0 Å². The molecule has 1 aromatic heterocycles. The van der Waals surface area contributed by atoms with E-state index in [0.29, 0.717) is 0 Å². The molecule has 2 aliphatic rings. The van der Waals surface area contributed by atoms with Crippen molar-refractivity contribution in [1.82, 2.24) is 10.2 Å². The Balaban J connectivity index is 1.64. The molecule has 2 unspecified atom stereocenters. The van der Waals surface area contributed by atoms with Gasteiger partial charge in [0.05, 0.1) is 0 Å². The largest absolute Gasteiger partial charge is 0.311 e. The Labute approximate surface area is 108 Å². The van der Waals surface area contributed by atoms with Crippen LogP contribution in [-0.4, -0.2) is 30.1 Å². The second-order valence-corrected chi connectivity index (χ2v) is 6.26. The third-order valence-electron chi connectivity index (χ3n) is 4.19. The second-order valence-electron chi connectivity index (χ2n) is 5.48. The summed E-state index contributed by atoms with van der Waals surface area (Å²) < 4.78 is 0.